The van der Waals surface area contributed by atoms with Crippen molar-refractivity contribution in [3.05, 3.63) is 62.5 Å². The average molecular weight is 360 g/mol. The lowest BCUT2D eigenvalue weighted by molar-refractivity contribution is -0.384. The number of hydrogen-bond acceptors (Lipinski definition) is 6. The largest absolute Gasteiger partial charge is 0.478 e. The Morgan fingerprint density at radius 3 is 2.42 bits per heavy atom. The molecular formula is C18H20N2O6. The van der Waals surface area contributed by atoms with Gasteiger partial charge >= 0.3 is 11.9 Å². The third kappa shape index (κ3) is 3.30. The predicted molar refractivity (Wildman–Crippen MR) is 93.3 cm³/mol. The first-order chi connectivity index (χ1) is 12.2. The number of ether oxygens (including phenoxy) is 1. The molecule has 26 heavy (non-hydrogen) atoms. The molecule has 0 radical (unpaired) electrons. The summed E-state index contributed by atoms with van der Waals surface area (Å²) in [7, 11) is 1.66. The fourth-order valence-corrected chi connectivity index (χ4v) is 3.08. The molecule has 1 aliphatic rings. The molecule has 1 heterocycles. The fraction of sp³-hybridized carbons (Fsp3) is 0.333. The van der Waals surface area contributed by atoms with Crippen LogP contribution in [0.5, 0.6) is 0 Å². The maximum Gasteiger partial charge on any atom is 0.336 e. The van der Waals surface area contributed by atoms with Gasteiger partial charge in [-0.05, 0) is 26.3 Å². The highest BCUT2D eigenvalue weighted by molar-refractivity contribution is 5.99. The van der Waals surface area contributed by atoms with Crippen molar-refractivity contribution in [3.63, 3.8) is 0 Å². The molecule has 8 heteroatoms. The van der Waals surface area contributed by atoms with Gasteiger partial charge in [-0.1, -0.05) is 12.1 Å². The first-order valence-corrected chi connectivity index (χ1v) is 8.00. The van der Waals surface area contributed by atoms with Crippen molar-refractivity contribution in [1.82, 2.24) is 4.90 Å². The van der Waals surface area contributed by atoms with Crippen LogP contribution in [-0.2, 0) is 14.3 Å². The number of carboxylic acid groups (broad SMARTS) is 1. The van der Waals surface area contributed by atoms with Gasteiger partial charge in [0.25, 0.3) is 5.69 Å². The molecule has 1 aliphatic heterocycles. The summed E-state index contributed by atoms with van der Waals surface area (Å²) in [5.41, 5.74) is 1.33. The fourth-order valence-electron chi connectivity index (χ4n) is 3.08. The molecule has 8 nitrogen and oxygen atoms in total. The number of esters is 1. The molecule has 1 aromatic rings. The van der Waals surface area contributed by atoms with E-state index in [4.69, 9.17) is 4.74 Å². The van der Waals surface area contributed by atoms with Crippen molar-refractivity contribution in [2.45, 2.75) is 26.7 Å². The molecule has 0 saturated carbocycles. The Morgan fingerprint density at radius 1 is 1.27 bits per heavy atom. The van der Waals surface area contributed by atoms with Crippen LogP contribution in [0.15, 0.2) is 46.8 Å². The number of rotatable bonds is 5. The molecule has 0 spiro atoms. The van der Waals surface area contributed by atoms with Crippen LogP contribution in [0.1, 0.15) is 32.3 Å². The second-order valence-corrected chi connectivity index (χ2v) is 5.87. The summed E-state index contributed by atoms with van der Waals surface area (Å²) in [6, 6.07) is 5.65. The van der Waals surface area contributed by atoms with E-state index in [1.165, 1.54) is 18.2 Å². The lowest BCUT2D eigenvalue weighted by Gasteiger charge is -2.35. The van der Waals surface area contributed by atoms with Gasteiger partial charge in [0.1, 0.15) is 0 Å². The zero-order chi connectivity index (χ0) is 19.6. The van der Waals surface area contributed by atoms with Crippen molar-refractivity contribution >= 4 is 17.6 Å². The molecule has 0 fully saturated rings. The van der Waals surface area contributed by atoms with Gasteiger partial charge < -0.3 is 14.7 Å². The number of aliphatic carboxylic acids is 1. The van der Waals surface area contributed by atoms with E-state index >= 15 is 0 Å². The zero-order valence-corrected chi connectivity index (χ0v) is 15.0. The van der Waals surface area contributed by atoms with Crippen LogP contribution >= 0.6 is 0 Å². The SMILES string of the molecule is CCOC(=O)C1=C(C)N(C)C(C)=C(C(=O)O)C1c1cccc([N+](=O)[O-])c1. The Morgan fingerprint density at radius 2 is 1.88 bits per heavy atom. The van der Waals surface area contributed by atoms with Crippen molar-refractivity contribution in [3.8, 4) is 0 Å². The molecular weight excluding hydrogens is 340 g/mol. The van der Waals surface area contributed by atoms with Gasteiger partial charge in [-0.15, -0.1) is 0 Å². The second-order valence-electron chi connectivity index (χ2n) is 5.87. The molecule has 0 aliphatic carbocycles. The van der Waals surface area contributed by atoms with Crippen molar-refractivity contribution in [1.29, 1.82) is 0 Å². The van der Waals surface area contributed by atoms with E-state index in [9.17, 15) is 24.8 Å². The van der Waals surface area contributed by atoms with Crippen molar-refractivity contribution in [2.75, 3.05) is 13.7 Å². The molecule has 1 atom stereocenters. The Labute approximate surface area is 150 Å². The molecule has 138 valence electrons. The van der Waals surface area contributed by atoms with Crippen molar-refractivity contribution < 1.29 is 24.4 Å². The molecule has 0 bridgehead atoms. The van der Waals surface area contributed by atoms with Gasteiger partial charge in [0.15, 0.2) is 0 Å². The summed E-state index contributed by atoms with van der Waals surface area (Å²) >= 11 is 0. The van der Waals surface area contributed by atoms with Gasteiger partial charge in [0.2, 0.25) is 0 Å². The number of nitro benzene ring substituents is 1. The summed E-state index contributed by atoms with van der Waals surface area (Å²) < 4.78 is 5.12. The van der Waals surface area contributed by atoms with E-state index in [-0.39, 0.29) is 23.4 Å². The van der Waals surface area contributed by atoms with Gasteiger partial charge in [0, 0.05) is 30.6 Å². The van der Waals surface area contributed by atoms with Crippen LogP contribution in [0, 0.1) is 10.1 Å². The normalized spacial score (nSPS) is 17.4. The third-order valence-corrected chi connectivity index (χ3v) is 4.50. The maximum atomic E-state index is 12.6. The standard InChI is InChI=1S/C18H20N2O6/c1-5-26-18(23)15-11(3)19(4)10(2)14(17(21)22)16(15)12-7-6-8-13(9-12)20(24)25/h6-9,16H,5H2,1-4H3,(H,21,22). The highest BCUT2D eigenvalue weighted by atomic mass is 16.6. The number of carboxylic acids is 1. The third-order valence-electron chi connectivity index (χ3n) is 4.50. The molecule has 0 saturated heterocycles. The summed E-state index contributed by atoms with van der Waals surface area (Å²) in [6.07, 6.45) is 0. The number of benzene rings is 1. The van der Waals surface area contributed by atoms with Crippen LogP contribution in [0.4, 0.5) is 5.69 Å². The highest BCUT2D eigenvalue weighted by Crippen LogP contribution is 2.42. The van der Waals surface area contributed by atoms with Crippen LogP contribution in [-0.4, -0.2) is 40.5 Å². The first-order valence-electron chi connectivity index (χ1n) is 8.00. The van der Waals surface area contributed by atoms with E-state index in [1.807, 2.05) is 0 Å². The molecule has 1 N–H and O–H groups in total. The quantitative estimate of drug-likeness (QED) is 0.488. The summed E-state index contributed by atoms with van der Waals surface area (Å²) in [6.45, 7) is 5.12. The monoisotopic (exact) mass is 360 g/mol. The highest BCUT2D eigenvalue weighted by Gasteiger charge is 2.39. The van der Waals surface area contributed by atoms with E-state index in [1.54, 1.807) is 38.8 Å². The Bertz CT molecular complexity index is 840. The molecule has 0 aromatic heterocycles. The maximum absolute atomic E-state index is 12.6. The summed E-state index contributed by atoms with van der Waals surface area (Å²) in [5.74, 6) is -2.79. The predicted octanol–water partition coefficient (Wildman–Crippen LogP) is 2.82. The Balaban J connectivity index is 2.76. The Kier molecular flexibility index (Phi) is 5.44. The number of allylic oxidation sites excluding steroid dienone is 2. The minimum atomic E-state index is -1.19. The van der Waals surface area contributed by atoms with Crippen LogP contribution in [0.25, 0.3) is 0 Å². The topological polar surface area (TPSA) is 110 Å². The van der Waals surface area contributed by atoms with Crippen LogP contribution < -0.4 is 0 Å². The van der Waals surface area contributed by atoms with Gasteiger partial charge in [0.05, 0.1) is 28.6 Å². The molecule has 2 rings (SSSR count). The number of carbonyl (C=O) groups excluding carboxylic acids is 1. The number of nitrogens with zero attached hydrogens (tertiary/aromatic N) is 2. The smallest absolute Gasteiger partial charge is 0.336 e. The van der Waals surface area contributed by atoms with Crippen LogP contribution in [0.2, 0.25) is 0 Å². The van der Waals surface area contributed by atoms with Gasteiger partial charge in [-0.25, -0.2) is 9.59 Å². The number of hydrogen-bond donors (Lipinski definition) is 1. The average Bonchev–Trinajstić information content (AvgIpc) is 2.59. The molecule has 1 unspecified atom stereocenters. The lowest BCUT2D eigenvalue weighted by atomic mass is 9.80. The summed E-state index contributed by atoms with van der Waals surface area (Å²) in [5, 5.41) is 20.9. The summed E-state index contributed by atoms with van der Waals surface area (Å²) in [4.78, 5) is 36.7. The van der Waals surface area contributed by atoms with E-state index in [0.717, 1.165) is 0 Å². The van der Waals surface area contributed by atoms with Crippen molar-refractivity contribution in [2.24, 2.45) is 0 Å². The lowest BCUT2D eigenvalue weighted by Crippen LogP contribution is -2.33. The molecule has 1 aromatic carbocycles. The van der Waals surface area contributed by atoms with Gasteiger partial charge in [-0.3, -0.25) is 10.1 Å². The van der Waals surface area contributed by atoms with Crippen LogP contribution in [0.3, 0.4) is 0 Å². The second kappa shape index (κ2) is 7.38. The van der Waals surface area contributed by atoms with E-state index < -0.39 is 22.8 Å². The molecule has 0 amide bonds. The number of non-ortho nitro benzene ring substituents is 1. The van der Waals surface area contributed by atoms with E-state index in [0.29, 0.717) is 17.0 Å². The number of carbonyl (C=O) groups is 2. The zero-order valence-electron chi connectivity index (χ0n) is 15.0. The number of nitro groups is 1. The van der Waals surface area contributed by atoms with Gasteiger partial charge in [-0.2, -0.15) is 0 Å². The minimum Gasteiger partial charge on any atom is -0.478 e. The Hall–Kier alpha value is -3.16. The van der Waals surface area contributed by atoms with E-state index in [2.05, 4.69) is 0 Å². The first kappa shape index (κ1) is 19.2. The minimum absolute atomic E-state index is 0.0124.